The minimum absolute atomic E-state index is 0.316. The van der Waals surface area contributed by atoms with Crippen molar-refractivity contribution in [2.75, 3.05) is 25.2 Å². The van der Waals surface area contributed by atoms with Crippen molar-refractivity contribution in [1.29, 1.82) is 0 Å². The second-order valence-electron chi connectivity index (χ2n) is 3.64. The number of fused-ring (bicyclic) bond motifs is 1. The average molecular weight is 233 g/mol. The zero-order valence-electron chi connectivity index (χ0n) is 9.97. The Morgan fingerprint density at radius 1 is 1.47 bits per heavy atom. The van der Waals surface area contributed by atoms with Crippen LogP contribution in [0.3, 0.4) is 0 Å². The molecular formula is C13H15NO3. The van der Waals surface area contributed by atoms with Crippen LogP contribution in [0.15, 0.2) is 24.3 Å². The van der Waals surface area contributed by atoms with Gasteiger partial charge in [-0.2, -0.15) is 0 Å². The number of carbonyl (C=O) groups excluding carboxylic acids is 1. The van der Waals surface area contributed by atoms with E-state index in [9.17, 15) is 4.79 Å². The van der Waals surface area contributed by atoms with Crippen LogP contribution in [-0.4, -0.2) is 26.4 Å². The van der Waals surface area contributed by atoms with Gasteiger partial charge in [-0.15, -0.1) is 0 Å². The molecule has 2 rings (SSSR count). The molecule has 1 heterocycles. The highest BCUT2D eigenvalue weighted by molar-refractivity contribution is 5.92. The molecule has 0 aromatic heterocycles. The molecule has 0 saturated carbocycles. The summed E-state index contributed by atoms with van der Waals surface area (Å²) in [4.78, 5) is 13.4. The van der Waals surface area contributed by atoms with E-state index in [1.165, 1.54) is 0 Å². The Kier molecular flexibility index (Phi) is 3.32. The largest absolute Gasteiger partial charge is 0.497 e. The lowest BCUT2D eigenvalue weighted by atomic mass is 10.1. The second kappa shape index (κ2) is 4.91. The predicted molar refractivity (Wildman–Crippen MR) is 66.4 cm³/mol. The molecule has 0 atom stereocenters. The lowest BCUT2D eigenvalue weighted by Gasteiger charge is -2.25. The molecule has 0 fully saturated rings. The van der Waals surface area contributed by atoms with Gasteiger partial charge in [0.05, 0.1) is 19.4 Å². The molecule has 1 aliphatic heterocycles. The highest BCUT2D eigenvalue weighted by Gasteiger charge is 2.20. The number of anilines is 1. The van der Waals surface area contributed by atoms with Gasteiger partial charge in [-0.25, -0.2) is 4.79 Å². The molecule has 0 spiro atoms. The number of carbonyl (C=O) groups is 1. The molecule has 0 N–H and O–H groups in total. The summed E-state index contributed by atoms with van der Waals surface area (Å²) in [6.45, 7) is 2.72. The molecule has 4 nitrogen and oxygen atoms in total. The third-order valence-electron chi connectivity index (χ3n) is 2.60. The van der Waals surface area contributed by atoms with Crippen LogP contribution in [0.25, 0.3) is 6.08 Å². The topological polar surface area (TPSA) is 38.8 Å². The highest BCUT2D eigenvalue weighted by Crippen LogP contribution is 2.29. The van der Waals surface area contributed by atoms with Crippen molar-refractivity contribution in [2.45, 2.75) is 6.92 Å². The number of methoxy groups -OCH3 is 1. The Labute approximate surface area is 100 Å². The summed E-state index contributed by atoms with van der Waals surface area (Å²) in [5.41, 5.74) is 1.82. The van der Waals surface area contributed by atoms with Crippen molar-refractivity contribution in [3.63, 3.8) is 0 Å². The van der Waals surface area contributed by atoms with Crippen molar-refractivity contribution in [2.24, 2.45) is 0 Å². The zero-order chi connectivity index (χ0) is 12.3. The Bertz CT molecular complexity index is 454. The standard InChI is InChI=1S/C13H15NO3/c1-3-17-13(15)14-8-4-5-10-9-11(16-2)6-7-12(10)14/h4-7,9H,3,8H2,1-2H3. The first-order valence-corrected chi connectivity index (χ1v) is 5.55. The van der Waals surface area contributed by atoms with Gasteiger partial charge in [0.25, 0.3) is 0 Å². The van der Waals surface area contributed by atoms with Crippen LogP contribution < -0.4 is 9.64 Å². The van der Waals surface area contributed by atoms with Crippen LogP contribution in [0.2, 0.25) is 0 Å². The van der Waals surface area contributed by atoms with Crippen molar-refractivity contribution in [1.82, 2.24) is 0 Å². The van der Waals surface area contributed by atoms with Crippen LogP contribution in [-0.2, 0) is 4.74 Å². The number of hydrogen-bond donors (Lipinski definition) is 0. The van der Waals surface area contributed by atoms with Gasteiger partial charge in [-0.05, 0) is 25.1 Å². The van der Waals surface area contributed by atoms with Gasteiger partial charge >= 0.3 is 6.09 Å². The minimum atomic E-state index is -0.316. The van der Waals surface area contributed by atoms with Gasteiger partial charge in [0.1, 0.15) is 5.75 Å². The molecule has 0 aliphatic carbocycles. The van der Waals surface area contributed by atoms with E-state index in [1.54, 1.807) is 18.9 Å². The molecule has 1 aliphatic rings. The molecule has 17 heavy (non-hydrogen) atoms. The summed E-state index contributed by atoms with van der Waals surface area (Å²) in [6.07, 6.45) is 3.59. The zero-order valence-corrected chi connectivity index (χ0v) is 9.97. The molecule has 1 aromatic carbocycles. The summed E-state index contributed by atoms with van der Waals surface area (Å²) >= 11 is 0. The fraction of sp³-hybridized carbons (Fsp3) is 0.308. The number of amides is 1. The van der Waals surface area contributed by atoms with Gasteiger partial charge in [0.2, 0.25) is 0 Å². The number of rotatable bonds is 2. The van der Waals surface area contributed by atoms with E-state index in [4.69, 9.17) is 9.47 Å². The first kappa shape index (κ1) is 11.5. The number of ether oxygens (including phenoxy) is 2. The van der Waals surface area contributed by atoms with E-state index >= 15 is 0 Å². The van der Waals surface area contributed by atoms with Crippen molar-refractivity contribution >= 4 is 17.9 Å². The second-order valence-corrected chi connectivity index (χ2v) is 3.64. The molecule has 1 amide bonds. The summed E-state index contributed by atoms with van der Waals surface area (Å²) in [5, 5.41) is 0. The molecule has 0 saturated heterocycles. The van der Waals surface area contributed by atoms with Crippen LogP contribution in [0, 0.1) is 0 Å². The molecule has 0 radical (unpaired) electrons. The lowest BCUT2D eigenvalue weighted by Crippen LogP contribution is -2.33. The van der Waals surface area contributed by atoms with Crippen molar-refractivity contribution < 1.29 is 14.3 Å². The summed E-state index contributed by atoms with van der Waals surface area (Å²) in [7, 11) is 1.62. The first-order valence-electron chi connectivity index (χ1n) is 5.55. The first-order chi connectivity index (χ1) is 8.26. The van der Waals surface area contributed by atoms with Crippen LogP contribution in [0.5, 0.6) is 5.75 Å². The monoisotopic (exact) mass is 233 g/mol. The van der Waals surface area contributed by atoms with Gasteiger partial charge in [-0.1, -0.05) is 12.2 Å². The third kappa shape index (κ3) is 2.25. The van der Waals surface area contributed by atoms with E-state index in [1.807, 2.05) is 30.4 Å². The lowest BCUT2D eigenvalue weighted by molar-refractivity contribution is 0.160. The fourth-order valence-electron chi connectivity index (χ4n) is 1.80. The van der Waals surface area contributed by atoms with Crippen molar-refractivity contribution in [3.8, 4) is 5.75 Å². The van der Waals surface area contributed by atoms with Gasteiger partial charge in [-0.3, -0.25) is 4.90 Å². The summed E-state index contributed by atoms with van der Waals surface area (Å²) in [6, 6.07) is 5.61. The maximum atomic E-state index is 11.8. The molecule has 0 unspecified atom stereocenters. The van der Waals surface area contributed by atoms with Gasteiger partial charge in [0, 0.05) is 12.1 Å². The smallest absolute Gasteiger partial charge is 0.414 e. The fourth-order valence-corrected chi connectivity index (χ4v) is 1.80. The number of nitrogens with zero attached hydrogens (tertiary/aromatic N) is 1. The molecular weight excluding hydrogens is 218 g/mol. The average Bonchev–Trinajstić information content (AvgIpc) is 2.37. The number of hydrogen-bond acceptors (Lipinski definition) is 3. The maximum absolute atomic E-state index is 11.8. The number of benzene rings is 1. The Morgan fingerprint density at radius 2 is 2.29 bits per heavy atom. The molecule has 4 heteroatoms. The van der Waals surface area contributed by atoms with E-state index in [0.717, 1.165) is 17.0 Å². The van der Waals surface area contributed by atoms with Crippen LogP contribution in [0.4, 0.5) is 10.5 Å². The highest BCUT2D eigenvalue weighted by atomic mass is 16.6. The SMILES string of the molecule is CCOC(=O)N1CC=Cc2cc(OC)ccc21. The normalized spacial score (nSPS) is 13.2. The summed E-state index contributed by atoms with van der Waals surface area (Å²) in [5.74, 6) is 0.777. The Balaban J connectivity index is 2.32. The van der Waals surface area contributed by atoms with Crippen LogP contribution in [0.1, 0.15) is 12.5 Å². The Hall–Kier alpha value is -1.97. The van der Waals surface area contributed by atoms with E-state index < -0.39 is 0 Å². The quantitative estimate of drug-likeness (QED) is 0.788. The van der Waals surface area contributed by atoms with E-state index in [2.05, 4.69) is 0 Å². The van der Waals surface area contributed by atoms with Crippen LogP contribution >= 0.6 is 0 Å². The molecule has 1 aromatic rings. The van der Waals surface area contributed by atoms with Gasteiger partial charge in [0.15, 0.2) is 0 Å². The maximum Gasteiger partial charge on any atom is 0.414 e. The van der Waals surface area contributed by atoms with E-state index in [0.29, 0.717) is 13.2 Å². The third-order valence-corrected chi connectivity index (χ3v) is 2.60. The van der Waals surface area contributed by atoms with E-state index in [-0.39, 0.29) is 6.09 Å². The van der Waals surface area contributed by atoms with Gasteiger partial charge < -0.3 is 9.47 Å². The minimum Gasteiger partial charge on any atom is -0.497 e. The predicted octanol–water partition coefficient (Wildman–Crippen LogP) is 2.68. The molecule has 90 valence electrons. The Morgan fingerprint density at radius 3 is 3.00 bits per heavy atom. The molecule has 0 bridgehead atoms. The van der Waals surface area contributed by atoms with Crippen molar-refractivity contribution in [3.05, 3.63) is 29.8 Å². The summed E-state index contributed by atoms with van der Waals surface area (Å²) < 4.78 is 10.2.